The van der Waals surface area contributed by atoms with Crippen molar-refractivity contribution in [1.82, 2.24) is 4.98 Å². The van der Waals surface area contributed by atoms with Gasteiger partial charge in [0.1, 0.15) is 4.60 Å². The molecule has 0 aromatic carbocycles. The predicted octanol–water partition coefficient (Wildman–Crippen LogP) is 3.46. The molecular formula is C9H7Br2F2NO2. The maximum atomic E-state index is 12.7. The van der Waals surface area contributed by atoms with E-state index in [1.165, 1.54) is 13.2 Å². The van der Waals surface area contributed by atoms with Crippen molar-refractivity contribution >= 4 is 37.8 Å². The third-order valence-electron chi connectivity index (χ3n) is 1.87. The van der Waals surface area contributed by atoms with Crippen LogP contribution >= 0.6 is 31.9 Å². The summed E-state index contributed by atoms with van der Waals surface area (Å²) < 4.78 is 30.1. The molecule has 0 aliphatic carbocycles. The number of halogens is 4. The lowest BCUT2D eigenvalue weighted by atomic mass is 10.1. The first-order chi connectivity index (χ1) is 7.51. The second-order valence-corrected chi connectivity index (χ2v) is 4.16. The smallest absolute Gasteiger partial charge is 0.357 e. The first-order valence-corrected chi connectivity index (χ1v) is 6.04. The number of ether oxygens (including phenoxy) is 1. The van der Waals surface area contributed by atoms with Crippen LogP contribution in [0.15, 0.2) is 10.7 Å². The van der Waals surface area contributed by atoms with Gasteiger partial charge in [0.2, 0.25) is 0 Å². The molecule has 1 rings (SSSR count). The molecule has 0 amide bonds. The Morgan fingerprint density at radius 2 is 2.25 bits per heavy atom. The van der Waals surface area contributed by atoms with Gasteiger partial charge in [-0.3, -0.25) is 0 Å². The SMILES string of the molecule is COC(=O)c1nc(Br)cc(C(F)F)c1CBr. The summed E-state index contributed by atoms with van der Waals surface area (Å²) in [7, 11) is 1.17. The van der Waals surface area contributed by atoms with Gasteiger partial charge >= 0.3 is 5.97 Å². The van der Waals surface area contributed by atoms with Crippen molar-refractivity contribution in [2.75, 3.05) is 7.11 Å². The molecule has 3 nitrogen and oxygen atoms in total. The van der Waals surface area contributed by atoms with Gasteiger partial charge in [-0.2, -0.15) is 0 Å². The Balaban J connectivity index is 3.41. The van der Waals surface area contributed by atoms with Crippen molar-refractivity contribution in [3.63, 3.8) is 0 Å². The maximum absolute atomic E-state index is 12.7. The van der Waals surface area contributed by atoms with E-state index in [1.807, 2.05) is 0 Å². The van der Waals surface area contributed by atoms with Gasteiger partial charge in [-0.05, 0) is 22.0 Å². The quantitative estimate of drug-likeness (QED) is 0.472. The number of hydrogen-bond acceptors (Lipinski definition) is 3. The molecule has 16 heavy (non-hydrogen) atoms. The second kappa shape index (κ2) is 5.67. The molecule has 1 heterocycles. The molecule has 0 spiro atoms. The molecule has 0 saturated heterocycles. The minimum Gasteiger partial charge on any atom is -0.464 e. The highest BCUT2D eigenvalue weighted by atomic mass is 79.9. The number of carbonyl (C=O) groups excluding carboxylic acids is 1. The molecule has 0 aliphatic heterocycles. The molecule has 0 N–H and O–H groups in total. The highest BCUT2D eigenvalue weighted by Crippen LogP contribution is 2.29. The summed E-state index contributed by atoms with van der Waals surface area (Å²) in [5, 5.41) is 0.109. The Morgan fingerprint density at radius 1 is 1.62 bits per heavy atom. The zero-order valence-electron chi connectivity index (χ0n) is 8.14. The van der Waals surface area contributed by atoms with E-state index in [2.05, 4.69) is 41.6 Å². The van der Waals surface area contributed by atoms with E-state index in [9.17, 15) is 13.6 Å². The van der Waals surface area contributed by atoms with Gasteiger partial charge in [0.15, 0.2) is 5.69 Å². The average molecular weight is 359 g/mol. The fourth-order valence-corrected chi connectivity index (χ4v) is 2.17. The zero-order valence-corrected chi connectivity index (χ0v) is 11.3. The van der Waals surface area contributed by atoms with Crippen molar-refractivity contribution in [2.24, 2.45) is 0 Å². The van der Waals surface area contributed by atoms with Gasteiger partial charge in [-0.1, -0.05) is 15.9 Å². The van der Waals surface area contributed by atoms with Crippen LogP contribution < -0.4 is 0 Å². The maximum Gasteiger partial charge on any atom is 0.357 e. The minimum absolute atomic E-state index is 0.107. The van der Waals surface area contributed by atoms with Crippen molar-refractivity contribution in [2.45, 2.75) is 11.8 Å². The van der Waals surface area contributed by atoms with E-state index in [1.54, 1.807) is 0 Å². The first-order valence-electron chi connectivity index (χ1n) is 4.13. The van der Waals surface area contributed by atoms with E-state index >= 15 is 0 Å². The number of aromatic nitrogens is 1. The Labute approximate surface area is 107 Å². The number of pyridine rings is 1. The summed E-state index contributed by atoms with van der Waals surface area (Å²) in [4.78, 5) is 15.2. The number of hydrogen-bond donors (Lipinski definition) is 0. The minimum atomic E-state index is -2.67. The van der Waals surface area contributed by atoms with Crippen LogP contribution in [-0.2, 0) is 10.1 Å². The summed E-state index contributed by atoms with van der Waals surface area (Å²) >= 11 is 6.03. The van der Waals surface area contributed by atoms with Gasteiger partial charge in [-0.25, -0.2) is 18.6 Å². The molecule has 0 fully saturated rings. The Morgan fingerprint density at radius 3 is 2.69 bits per heavy atom. The van der Waals surface area contributed by atoms with Gasteiger partial charge in [0.05, 0.1) is 7.11 Å². The Hall–Kier alpha value is -0.560. The molecule has 0 aliphatic rings. The number of carbonyl (C=O) groups is 1. The van der Waals surface area contributed by atoms with Crippen LogP contribution in [0.3, 0.4) is 0 Å². The van der Waals surface area contributed by atoms with Gasteiger partial charge in [-0.15, -0.1) is 0 Å². The van der Waals surface area contributed by atoms with Crippen LogP contribution in [0.2, 0.25) is 0 Å². The van der Waals surface area contributed by atoms with Crippen molar-refractivity contribution in [1.29, 1.82) is 0 Å². The van der Waals surface area contributed by atoms with Crippen molar-refractivity contribution < 1.29 is 18.3 Å². The zero-order chi connectivity index (χ0) is 12.3. The number of nitrogens with zero attached hydrogens (tertiary/aromatic N) is 1. The fourth-order valence-electron chi connectivity index (χ4n) is 1.16. The van der Waals surface area contributed by atoms with Gasteiger partial charge in [0.25, 0.3) is 6.43 Å². The highest BCUT2D eigenvalue weighted by molar-refractivity contribution is 9.10. The molecule has 0 unspecified atom stereocenters. The van der Waals surface area contributed by atoms with Crippen LogP contribution in [0, 0.1) is 0 Å². The van der Waals surface area contributed by atoms with Crippen LogP contribution in [0.25, 0.3) is 0 Å². The summed E-state index contributed by atoms with van der Waals surface area (Å²) in [6.45, 7) is 0. The molecule has 1 aromatic heterocycles. The fraction of sp³-hybridized carbons (Fsp3) is 0.333. The monoisotopic (exact) mass is 357 g/mol. The average Bonchev–Trinajstić information content (AvgIpc) is 2.26. The molecule has 0 atom stereocenters. The van der Waals surface area contributed by atoms with Crippen LogP contribution in [0.1, 0.15) is 28.0 Å². The molecule has 0 bridgehead atoms. The Kier molecular flexibility index (Phi) is 4.79. The predicted molar refractivity (Wildman–Crippen MR) is 60.9 cm³/mol. The summed E-state index contributed by atoms with van der Waals surface area (Å²) in [5.41, 5.74) is -0.201. The largest absolute Gasteiger partial charge is 0.464 e. The second-order valence-electron chi connectivity index (χ2n) is 2.79. The van der Waals surface area contributed by atoms with Crippen LogP contribution in [0.4, 0.5) is 8.78 Å². The van der Waals surface area contributed by atoms with E-state index in [0.29, 0.717) is 0 Å². The van der Waals surface area contributed by atoms with Gasteiger partial charge < -0.3 is 4.74 Å². The molecule has 1 aromatic rings. The highest BCUT2D eigenvalue weighted by Gasteiger charge is 2.22. The normalized spacial score (nSPS) is 10.6. The molecule has 88 valence electrons. The third-order valence-corrected chi connectivity index (χ3v) is 2.84. The number of esters is 1. The lowest BCUT2D eigenvalue weighted by Crippen LogP contribution is -2.11. The molecule has 0 radical (unpaired) electrons. The van der Waals surface area contributed by atoms with E-state index < -0.39 is 12.4 Å². The number of rotatable bonds is 3. The molecular weight excluding hydrogens is 352 g/mol. The van der Waals surface area contributed by atoms with Crippen LogP contribution in [-0.4, -0.2) is 18.1 Å². The first kappa shape index (κ1) is 13.5. The Bertz CT molecular complexity index is 413. The summed E-state index contributed by atoms with van der Waals surface area (Å²) in [5.74, 6) is -0.738. The van der Waals surface area contributed by atoms with Crippen molar-refractivity contribution in [3.05, 3.63) is 27.5 Å². The topological polar surface area (TPSA) is 39.2 Å². The standard InChI is InChI=1S/C9H7Br2F2NO2/c1-16-9(15)7-5(3-10)4(8(12)13)2-6(11)14-7/h2,8H,3H2,1H3. The summed E-state index contributed by atoms with van der Waals surface area (Å²) in [6, 6.07) is 1.19. The van der Waals surface area contributed by atoms with Crippen molar-refractivity contribution in [3.8, 4) is 0 Å². The lowest BCUT2D eigenvalue weighted by molar-refractivity contribution is 0.0592. The number of methoxy groups -OCH3 is 1. The lowest BCUT2D eigenvalue weighted by Gasteiger charge is -2.10. The third kappa shape index (κ3) is 2.76. The molecule has 7 heteroatoms. The van der Waals surface area contributed by atoms with Gasteiger partial charge in [0, 0.05) is 16.5 Å². The summed E-state index contributed by atoms with van der Waals surface area (Å²) in [6.07, 6.45) is -2.67. The van der Waals surface area contributed by atoms with E-state index in [-0.39, 0.29) is 26.8 Å². The van der Waals surface area contributed by atoms with E-state index in [0.717, 1.165) is 0 Å². The van der Waals surface area contributed by atoms with E-state index in [4.69, 9.17) is 0 Å². The van der Waals surface area contributed by atoms with Crippen LogP contribution in [0.5, 0.6) is 0 Å². The number of alkyl halides is 3. The molecule has 0 saturated carbocycles.